The van der Waals surface area contributed by atoms with Crippen molar-refractivity contribution >= 4 is 17.3 Å². The number of rotatable bonds is 5. The topological polar surface area (TPSA) is 44.9 Å². The Morgan fingerprint density at radius 1 is 1.38 bits per heavy atom. The maximum atomic E-state index is 6.06. The highest BCUT2D eigenvalue weighted by Gasteiger charge is 2.27. The molecule has 1 aromatic rings. The van der Waals surface area contributed by atoms with Crippen LogP contribution in [0.1, 0.15) is 30.6 Å². The van der Waals surface area contributed by atoms with Gasteiger partial charge in [-0.2, -0.15) is 0 Å². The molecule has 1 saturated carbocycles. The number of hydrogen-bond acceptors (Lipinski definition) is 3. The number of guanidine groups is 1. The highest BCUT2D eigenvalue weighted by molar-refractivity contribution is 7.09. The number of likely N-dealkylation sites (tertiary alicyclic amines) is 1. The molecule has 1 aliphatic heterocycles. The van der Waals surface area contributed by atoms with E-state index in [1.807, 2.05) is 11.3 Å². The van der Waals surface area contributed by atoms with Crippen LogP contribution in [0, 0.1) is 5.92 Å². The van der Waals surface area contributed by atoms with Gasteiger partial charge >= 0.3 is 0 Å². The zero-order valence-electron chi connectivity index (χ0n) is 12.9. The van der Waals surface area contributed by atoms with Gasteiger partial charge in [-0.3, -0.25) is 9.89 Å². The second kappa shape index (κ2) is 6.79. The number of thiophene rings is 1. The van der Waals surface area contributed by atoms with Crippen molar-refractivity contribution in [1.82, 2.24) is 9.80 Å². The van der Waals surface area contributed by atoms with Crippen LogP contribution in [0.15, 0.2) is 22.5 Å². The summed E-state index contributed by atoms with van der Waals surface area (Å²) in [5, 5.41) is 2.16. The molecule has 0 radical (unpaired) electrons. The highest BCUT2D eigenvalue weighted by Crippen LogP contribution is 2.25. The van der Waals surface area contributed by atoms with Crippen molar-refractivity contribution in [1.29, 1.82) is 0 Å². The second-order valence-corrected chi connectivity index (χ2v) is 7.37. The lowest BCUT2D eigenvalue weighted by molar-refractivity contribution is 0.182. The first-order valence-electron chi connectivity index (χ1n) is 8.00. The van der Waals surface area contributed by atoms with E-state index in [1.165, 1.54) is 43.6 Å². The average molecular weight is 306 g/mol. The highest BCUT2D eigenvalue weighted by atomic mass is 32.1. The van der Waals surface area contributed by atoms with Gasteiger partial charge in [0.2, 0.25) is 0 Å². The second-order valence-electron chi connectivity index (χ2n) is 6.34. The molecule has 116 valence electrons. The van der Waals surface area contributed by atoms with Crippen LogP contribution in [-0.4, -0.2) is 48.5 Å². The molecule has 0 amide bonds. The van der Waals surface area contributed by atoms with E-state index in [9.17, 15) is 0 Å². The number of nitrogens with two attached hydrogens (primary N) is 1. The molecule has 21 heavy (non-hydrogen) atoms. The molecule has 4 nitrogen and oxygen atoms in total. The van der Waals surface area contributed by atoms with Gasteiger partial charge < -0.3 is 10.6 Å². The molecule has 0 atom stereocenters. The van der Waals surface area contributed by atoms with Crippen molar-refractivity contribution in [2.24, 2.45) is 16.6 Å². The van der Waals surface area contributed by atoms with Gasteiger partial charge in [0.15, 0.2) is 5.96 Å². The first-order valence-corrected chi connectivity index (χ1v) is 8.88. The van der Waals surface area contributed by atoms with Crippen LogP contribution < -0.4 is 5.73 Å². The third kappa shape index (κ3) is 4.20. The Balaban J connectivity index is 1.40. The standard InChI is InChI=1S/C16H26N4S/c1-19(14-4-5-14)16(17)18-11-13-6-8-20(9-7-13)12-15-3-2-10-21-15/h2-3,10,13-14H,4-9,11-12H2,1H3,(H2,17,18). The van der Waals surface area contributed by atoms with Crippen LogP contribution in [0.25, 0.3) is 0 Å². The fourth-order valence-corrected chi connectivity index (χ4v) is 3.68. The number of aliphatic imine (C=N–C) groups is 1. The fraction of sp³-hybridized carbons (Fsp3) is 0.688. The van der Waals surface area contributed by atoms with Crippen molar-refractivity contribution in [3.8, 4) is 0 Å². The van der Waals surface area contributed by atoms with Crippen molar-refractivity contribution in [3.63, 3.8) is 0 Å². The van der Waals surface area contributed by atoms with Gasteiger partial charge in [0, 0.05) is 31.1 Å². The van der Waals surface area contributed by atoms with Gasteiger partial charge in [-0.1, -0.05) is 6.07 Å². The van der Waals surface area contributed by atoms with Crippen molar-refractivity contribution in [2.45, 2.75) is 38.3 Å². The molecule has 3 rings (SSSR count). The lowest BCUT2D eigenvalue weighted by Crippen LogP contribution is -2.37. The Labute approximate surface area is 131 Å². The van der Waals surface area contributed by atoms with E-state index >= 15 is 0 Å². The summed E-state index contributed by atoms with van der Waals surface area (Å²) in [5.41, 5.74) is 6.06. The van der Waals surface area contributed by atoms with E-state index in [-0.39, 0.29) is 0 Å². The lowest BCUT2D eigenvalue weighted by atomic mass is 9.97. The van der Waals surface area contributed by atoms with Gasteiger partial charge in [-0.25, -0.2) is 0 Å². The van der Waals surface area contributed by atoms with E-state index in [0.717, 1.165) is 19.0 Å². The number of nitrogens with zero attached hydrogens (tertiary/aromatic N) is 3. The van der Waals surface area contributed by atoms with Crippen LogP contribution in [0.4, 0.5) is 0 Å². The quantitative estimate of drug-likeness (QED) is 0.671. The molecule has 0 unspecified atom stereocenters. The van der Waals surface area contributed by atoms with Crippen LogP contribution in [0.5, 0.6) is 0 Å². The fourth-order valence-electron chi connectivity index (χ4n) is 2.93. The Bertz CT molecular complexity index is 459. The summed E-state index contributed by atoms with van der Waals surface area (Å²) in [6.07, 6.45) is 5.03. The summed E-state index contributed by atoms with van der Waals surface area (Å²) >= 11 is 1.86. The van der Waals surface area contributed by atoms with Crippen molar-refractivity contribution in [3.05, 3.63) is 22.4 Å². The van der Waals surface area contributed by atoms with Gasteiger partial charge in [0.05, 0.1) is 0 Å². The molecule has 1 saturated heterocycles. The molecule has 2 aliphatic rings. The Hall–Kier alpha value is -1.07. The molecular weight excluding hydrogens is 280 g/mol. The minimum absolute atomic E-state index is 0.654. The Kier molecular flexibility index (Phi) is 4.80. The van der Waals surface area contributed by atoms with Crippen LogP contribution in [0.2, 0.25) is 0 Å². The van der Waals surface area contributed by atoms with E-state index < -0.39 is 0 Å². The maximum absolute atomic E-state index is 6.06. The van der Waals surface area contributed by atoms with E-state index in [4.69, 9.17) is 5.73 Å². The van der Waals surface area contributed by atoms with Gasteiger partial charge in [-0.15, -0.1) is 11.3 Å². The maximum Gasteiger partial charge on any atom is 0.191 e. The first-order chi connectivity index (χ1) is 10.2. The van der Waals surface area contributed by atoms with E-state index in [0.29, 0.717) is 12.0 Å². The molecule has 2 fully saturated rings. The first kappa shape index (κ1) is 14.9. The third-order valence-corrected chi connectivity index (χ3v) is 5.50. The van der Waals surface area contributed by atoms with Gasteiger partial charge in [-0.05, 0) is 56.1 Å². The number of piperidine rings is 1. The normalized spacial score (nSPS) is 21.7. The third-order valence-electron chi connectivity index (χ3n) is 4.63. The smallest absolute Gasteiger partial charge is 0.191 e. The summed E-state index contributed by atoms with van der Waals surface area (Å²) in [6.45, 7) is 4.39. The molecule has 0 aromatic carbocycles. The van der Waals surface area contributed by atoms with E-state index in [1.54, 1.807) is 0 Å². The molecule has 0 spiro atoms. The SMILES string of the molecule is CN(C(N)=NCC1CCN(Cc2cccs2)CC1)C1CC1. The largest absolute Gasteiger partial charge is 0.370 e. The average Bonchev–Trinajstić information content (AvgIpc) is 3.23. The Morgan fingerprint density at radius 3 is 2.76 bits per heavy atom. The molecule has 1 aromatic heterocycles. The zero-order chi connectivity index (χ0) is 14.7. The summed E-state index contributed by atoms with van der Waals surface area (Å²) in [6, 6.07) is 5.03. The van der Waals surface area contributed by atoms with Gasteiger partial charge in [0.1, 0.15) is 0 Å². The van der Waals surface area contributed by atoms with Gasteiger partial charge in [0.25, 0.3) is 0 Å². The lowest BCUT2D eigenvalue weighted by Gasteiger charge is -2.31. The molecular formula is C16H26N4S. The predicted octanol–water partition coefficient (Wildman–Crippen LogP) is 2.37. The molecule has 1 aliphatic carbocycles. The minimum atomic E-state index is 0.654. The van der Waals surface area contributed by atoms with E-state index in [2.05, 4.69) is 39.4 Å². The zero-order valence-corrected chi connectivity index (χ0v) is 13.7. The van der Waals surface area contributed by atoms with Crippen LogP contribution in [0.3, 0.4) is 0 Å². The summed E-state index contributed by atoms with van der Waals surface area (Å²) in [5.74, 6) is 1.44. The summed E-state index contributed by atoms with van der Waals surface area (Å²) in [4.78, 5) is 10.8. The summed E-state index contributed by atoms with van der Waals surface area (Å²) in [7, 11) is 2.07. The predicted molar refractivity (Wildman–Crippen MR) is 89.6 cm³/mol. The van der Waals surface area contributed by atoms with Crippen molar-refractivity contribution < 1.29 is 0 Å². The number of hydrogen-bond donors (Lipinski definition) is 1. The molecule has 2 N–H and O–H groups in total. The monoisotopic (exact) mass is 306 g/mol. The molecule has 5 heteroatoms. The summed E-state index contributed by atoms with van der Waals surface area (Å²) < 4.78 is 0. The molecule has 0 bridgehead atoms. The minimum Gasteiger partial charge on any atom is -0.370 e. The van der Waals surface area contributed by atoms with Crippen LogP contribution >= 0.6 is 11.3 Å². The Morgan fingerprint density at radius 2 is 2.14 bits per heavy atom. The van der Waals surface area contributed by atoms with Crippen LogP contribution in [-0.2, 0) is 6.54 Å². The van der Waals surface area contributed by atoms with Crippen molar-refractivity contribution in [2.75, 3.05) is 26.7 Å². The molecule has 2 heterocycles.